The van der Waals surface area contributed by atoms with E-state index in [-0.39, 0.29) is 17.9 Å². The number of hydrogen-bond acceptors (Lipinski definition) is 3. The van der Waals surface area contributed by atoms with E-state index in [4.69, 9.17) is 15.3 Å². The van der Waals surface area contributed by atoms with Crippen molar-refractivity contribution >= 4 is 0 Å². The predicted molar refractivity (Wildman–Crippen MR) is 42.4 cm³/mol. The molecule has 0 aliphatic heterocycles. The molecular formula is C8H10F3NO2. The molecule has 14 heavy (non-hydrogen) atoms. The lowest BCUT2D eigenvalue weighted by atomic mass is 10.1. The Labute approximate surface area is 78.3 Å². The van der Waals surface area contributed by atoms with E-state index >= 15 is 0 Å². The quantitative estimate of drug-likeness (QED) is 0.786. The maximum atomic E-state index is 12.0. The van der Waals surface area contributed by atoms with Gasteiger partial charge in [0.25, 0.3) is 0 Å². The van der Waals surface area contributed by atoms with Crippen molar-refractivity contribution in [2.24, 2.45) is 5.73 Å². The van der Waals surface area contributed by atoms with Gasteiger partial charge in [-0.2, -0.15) is 13.2 Å². The fourth-order valence-electron chi connectivity index (χ4n) is 1.05. The van der Waals surface area contributed by atoms with Crippen LogP contribution in [0, 0.1) is 0 Å². The number of alkyl halides is 3. The highest BCUT2D eigenvalue weighted by Crippen LogP contribution is 2.24. The first-order valence-corrected chi connectivity index (χ1v) is 3.95. The molecule has 0 radical (unpaired) electrons. The SMILES string of the molecule is NCc1occc1CC(O)C(F)(F)F. The Balaban J connectivity index is 2.69. The molecule has 3 nitrogen and oxygen atoms in total. The smallest absolute Gasteiger partial charge is 0.414 e. The van der Waals surface area contributed by atoms with E-state index < -0.39 is 18.7 Å². The molecule has 0 bridgehead atoms. The average Bonchev–Trinajstić information content (AvgIpc) is 2.50. The van der Waals surface area contributed by atoms with Crippen LogP contribution in [0.4, 0.5) is 13.2 Å². The van der Waals surface area contributed by atoms with Crippen LogP contribution in [0.5, 0.6) is 0 Å². The van der Waals surface area contributed by atoms with Crippen LogP contribution in [0.2, 0.25) is 0 Å². The van der Waals surface area contributed by atoms with Gasteiger partial charge in [0.05, 0.1) is 12.8 Å². The number of aliphatic hydroxyl groups excluding tert-OH is 1. The van der Waals surface area contributed by atoms with Crippen LogP contribution in [0.25, 0.3) is 0 Å². The second-order valence-electron chi connectivity index (χ2n) is 2.83. The van der Waals surface area contributed by atoms with Gasteiger partial charge in [-0.05, 0) is 11.6 Å². The summed E-state index contributed by atoms with van der Waals surface area (Å²) < 4.78 is 40.7. The third-order valence-corrected chi connectivity index (χ3v) is 1.81. The Hall–Kier alpha value is -1.01. The van der Waals surface area contributed by atoms with Crippen molar-refractivity contribution in [3.63, 3.8) is 0 Å². The van der Waals surface area contributed by atoms with Gasteiger partial charge in [-0.15, -0.1) is 0 Å². The molecule has 1 aromatic rings. The Morgan fingerprint density at radius 1 is 1.50 bits per heavy atom. The molecule has 1 unspecified atom stereocenters. The first-order valence-electron chi connectivity index (χ1n) is 3.95. The maximum Gasteiger partial charge on any atom is 0.414 e. The zero-order valence-electron chi connectivity index (χ0n) is 7.21. The highest BCUT2D eigenvalue weighted by molar-refractivity contribution is 5.18. The van der Waals surface area contributed by atoms with Crippen molar-refractivity contribution in [2.75, 3.05) is 0 Å². The summed E-state index contributed by atoms with van der Waals surface area (Å²) >= 11 is 0. The molecule has 3 N–H and O–H groups in total. The lowest BCUT2D eigenvalue weighted by Gasteiger charge is -2.13. The summed E-state index contributed by atoms with van der Waals surface area (Å²) in [7, 11) is 0. The third-order valence-electron chi connectivity index (χ3n) is 1.81. The number of halogens is 3. The minimum absolute atomic E-state index is 0.0207. The molecule has 0 fully saturated rings. The third kappa shape index (κ3) is 2.49. The van der Waals surface area contributed by atoms with Crippen molar-refractivity contribution in [3.8, 4) is 0 Å². The second kappa shape index (κ2) is 4.02. The van der Waals surface area contributed by atoms with Gasteiger partial charge in [0, 0.05) is 6.42 Å². The fourth-order valence-corrected chi connectivity index (χ4v) is 1.05. The normalized spacial score (nSPS) is 14.4. The summed E-state index contributed by atoms with van der Waals surface area (Å²) in [4.78, 5) is 0. The Kier molecular flexibility index (Phi) is 3.17. The molecule has 1 heterocycles. The molecule has 0 saturated carbocycles. The summed E-state index contributed by atoms with van der Waals surface area (Å²) in [6.07, 6.45) is -6.25. The van der Waals surface area contributed by atoms with Crippen molar-refractivity contribution in [1.82, 2.24) is 0 Å². The summed E-state index contributed by atoms with van der Waals surface area (Å²) in [6.45, 7) is 0.0207. The van der Waals surface area contributed by atoms with Crippen LogP contribution >= 0.6 is 0 Å². The molecule has 0 aromatic carbocycles. The van der Waals surface area contributed by atoms with E-state index in [1.807, 2.05) is 0 Å². The van der Waals surface area contributed by atoms with Gasteiger partial charge < -0.3 is 15.3 Å². The van der Waals surface area contributed by atoms with Crippen molar-refractivity contribution in [2.45, 2.75) is 25.2 Å². The number of nitrogens with two attached hydrogens (primary N) is 1. The summed E-state index contributed by atoms with van der Waals surface area (Å²) in [5, 5.41) is 8.77. The van der Waals surface area contributed by atoms with Crippen LogP contribution < -0.4 is 5.73 Å². The highest BCUT2D eigenvalue weighted by atomic mass is 19.4. The first-order chi connectivity index (χ1) is 6.45. The topological polar surface area (TPSA) is 59.4 Å². The number of hydrogen-bond donors (Lipinski definition) is 2. The summed E-state index contributed by atoms with van der Waals surface area (Å²) in [6, 6.07) is 1.37. The van der Waals surface area contributed by atoms with E-state index in [1.165, 1.54) is 12.3 Å². The van der Waals surface area contributed by atoms with Gasteiger partial charge in [-0.25, -0.2) is 0 Å². The number of rotatable bonds is 3. The Morgan fingerprint density at radius 2 is 2.14 bits per heavy atom. The van der Waals surface area contributed by atoms with Crippen molar-refractivity contribution < 1.29 is 22.7 Å². The van der Waals surface area contributed by atoms with Gasteiger partial charge in [0.1, 0.15) is 5.76 Å². The molecule has 80 valence electrons. The van der Waals surface area contributed by atoms with Gasteiger partial charge in [0.15, 0.2) is 6.10 Å². The minimum atomic E-state index is -4.61. The summed E-state index contributed by atoms with van der Waals surface area (Å²) in [5.41, 5.74) is 5.51. The molecule has 1 atom stereocenters. The molecular weight excluding hydrogens is 199 g/mol. The molecule has 0 amide bonds. The Morgan fingerprint density at radius 3 is 2.64 bits per heavy atom. The molecule has 0 aliphatic rings. The number of aliphatic hydroxyl groups is 1. The van der Waals surface area contributed by atoms with Gasteiger partial charge in [-0.3, -0.25) is 0 Å². The van der Waals surface area contributed by atoms with Crippen LogP contribution in [0.1, 0.15) is 11.3 Å². The van der Waals surface area contributed by atoms with Gasteiger partial charge >= 0.3 is 6.18 Å². The van der Waals surface area contributed by atoms with Crippen LogP contribution in [-0.4, -0.2) is 17.4 Å². The predicted octanol–water partition coefficient (Wildman–Crippen LogP) is 1.20. The average molecular weight is 209 g/mol. The van der Waals surface area contributed by atoms with Gasteiger partial charge in [-0.1, -0.05) is 0 Å². The Bertz CT molecular complexity index is 295. The lowest BCUT2D eigenvalue weighted by Crippen LogP contribution is -2.30. The zero-order chi connectivity index (χ0) is 10.8. The number of furan rings is 1. The monoisotopic (exact) mass is 209 g/mol. The van der Waals surface area contributed by atoms with E-state index in [0.717, 1.165) is 0 Å². The molecule has 1 aromatic heterocycles. The van der Waals surface area contributed by atoms with Gasteiger partial charge in [0.2, 0.25) is 0 Å². The second-order valence-corrected chi connectivity index (χ2v) is 2.83. The first kappa shape index (κ1) is 11.1. The van der Waals surface area contributed by atoms with E-state index in [9.17, 15) is 13.2 Å². The van der Waals surface area contributed by atoms with E-state index in [1.54, 1.807) is 0 Å². The molecule has 0 saturated heterocycles. The molecule has 0 aliphatic carbocycles. The standard InChI is InChI=1S/C8H10F3NO2/c9-8(10,11)7(13)3-5-1-2-14-6(5)4-12/h1-2,7,13H,3-4,12H2. The maximum absolute atomic E-state index is 12.0. The summed E-state index contributed by atoms with van der Waals surface area (Å²) in [5.74, 6) is 0.272. The minimum Gasteiger partial charge on any atom is -0.468 e. The van der Waals surface area contributed by atoms with Crippen molar-refractivity contribution in [1.29, 1.82) is 0 Å². The molecule has 6 heteroatoms. The zero-order valence-corrected chi connectivity index (χ0v) is 7.21. The van der Waals surface area contributed by atoms with Crippen LogP contribution in [0.3, 0.4) is 0 Å². The molecule has 0 spiro atoms. The van der Waals surface area contributed by atoms with Crippen LogP contribution in [-0.2, 0) is 13.0 Å². The van der Waals surface area contributed by atoms with Crippen molar-refractivity contribution in [3.05, 3.63) is 23.7 Å². The van der Waals surface area contributed by atoms with E-state index in [0.29, 0.717) is 0 Å². The van der Waals surface area contributed by atoms with E-state index in [2.05, 4.69) is 0 Å². The fraction of sp³-hybridized carbons (Fsp3) is 0.500. The molecule has 1 rings (SSSR count). The highest BCUT2D eigenvalue weighted by Gasteiger charge is 2.38. The lowest BCUT2D eigenvalue weighted by molar-refractivity contribution is -0.203. The largest absolute Gasteiger partial charge is 0.468 e. The van der Waals surface area contributed by atoms with Crippen LogP contribution in [0.15, 0.2) is 16.7 Å².